The first-order chi connectivity index (χ1) is 10.2. The molecule has 2 aromatic carbocycles. The van der Waals surface area contributed by atoms with Gasteiger partial charge in [0.2, 0.25) is 0 Å². The molecule has 0 saturated heterocycles. The van der Waals surface area contributed by atoms with Crippen LogP contribution in [-0.4, -0.2) is 10.8 Å². The van der Waals surface area contributed by atoms with Crippen molar-refractivity contribution in [2.75, 3.05) is 0 Å². The minimum atomic E-state index is -0.677. The Labute approximate surface area is 121 Å². The number of nitrogens with zero attached hydrogens (tertiary/aromatic N) is 2. The molecule has 4 heteroatoms. The van der Waals surface area contributed by atoms with Crippen molar-refractivity contribution < 1.29 is 8.78 Å². The normalized spacial score (nSPS) is 11.1. The van der Waals surface area contributed by atoms with Crippen LogP contribution in [0.5, 0.6) is 0 Å². The van der Waals surface area contributed by atoms with Gasteiger partial charge in [0.25, 0.3) is 0 Å². The van der Waals surface area contributed by atoms with Gasteiger partial charge in [-0.2, -0.15) is 0 Å². The van der Waals surface area contributed by atoms with Gasteiger partial charge in [0, 0.05) is 18.0 Å². The molecule has 2 nitrogen and oxygen atoms in total. The van der Waals surface area contributed by atoms with E-state index in [1.54, 1.807) is 6.21 Å². The van der Waals surface area contributed by atoms with Gasteiger partial charge < -0.3 is 4.57 Å². The highest BCUT2D eigenvalue weighted by molar-refractivity contribution is 5.81. The Morgan fingerprint density at radius 1 is 0.905 bits per heavy atom. The monoisotopic (exact) mass is 282 g/mol. The van der Waals surface area contributed by atoms with Gasteiger partial charge in [-0.05, 0) is 36.4 Å². The zero-order valence-electron chi connectivity index (χ0n) is 11.1. The van der Waals surface area contributed by atoms with Crippen molar-refractivity contribution in [2.24, 2.45) is 4.99 Å². The van der Waals surface area contributed by atoms with Crippen molar-refractivity contribution in [1.82, 2.24) is 4.57 Å². The molecule has 1 aromatic heterocycles. The van der Waals surface area contributed by atoms with Gasteiger partial charge >= 0.3 is 0 Å². The van der Waals surface area contributed by atoms with Crippen LogP contribution in [0.3, 0.4) is 0 Å². The molecule has 0 aliphatic heterocycles. The second-order valence-corrected chi connectivity index (χ2v) is 4.49. The van der Waals surface area contributed by atoms with Gasteiger partial charge in [-0.3, -0.25) is 4.99 Å². The summed E-state index contributed by atoms with van der Waals surface area (Å²) in [5, 5.41) is 0. The highest BCUT2D eigenvalue weighted by Gasteiger charge is 2.03. The van der Waals surface area contributed by atoms with E-state index in [9.17, 15) is 8.78 Å². The Balaban J connectivity index is 1.93. The van der Waals surface area contributed by atoms with Crippen LogP contribution < -0.4 is 0 Å². The fraction of sp³-hybridized carbons (Fsp3) is 0. The minimum Gasteiger partial charge on any atom is -0.316 e. The van der Waals surface area contributed by atoms with E-state index in [2.05, 4.69) is 4.99 Å². The van der Waals surface area contributed by atoms with Crippen molar-refractivity contribution in [1.29, 1.82) is 0 Å². The molecular weight excluding hydrogens is 270 g/mol. The van der Waals surface area contributed by atoms with Crippen molar-refractivity contribution >= 4 is 11.9 Å². The average molecular weight is 282 g/mol. The van der Waals surface area contributed by atoms with E-state index < -0.39 is 11.6 Å². The lowest BCUT2D eigenvalue weighted by Crippen LogP contribution is -1.97. The fourth-order valence-corrected chi connectivity index (χ4v) is 2.04. The van der Waals surface area contributed by atoms with E-state index in [1.165, 1.54) is 12.1 Å². The number of aliphatic imine (C=N–C) groups is 1. The van der Waals surface area contributed by atoms with E-state index in [0.29, 0.717) is 0 Å². The molecule has 0 radical (unpaired) electrons. The van der Waals surface area contributed by atoms with Crippen molar-refractivity contribution in [2.45, 2.75) is 0 Å². The van der Waals surface area contributed by atoms with Crippen LogP contribution in [0, 0.1) is 11.6 Å². The molecule has 0 unspecified atom stereocenters. The summed E-state index contributed by atoms with van der Waals surface area (Å²) >= 11 is 0. The Hall–Kier alpha value is -2.75. The smallest absolute Gasteiger partial charge is 0.151 e. The molecule has 0 saturated carbocycles. The van der Waals surface area contributed by atoms with E-state index in [1.807, 2.05) is 53.2 Å². The fourth-order valence-electron chi connectivity index (χ4n) is 2.04. The molecule has 0 aliphatic rings. The number of benzene rings is 2. The molecule has 0 N–H and O–H groups in total. The molecule has 0 amide bonds. The van der Waals surface area contributed by atoms with Crippen LogP contribution in [-0.2, 0) is 0 Å². The van der Waals surface area contributed by atoms with Gasteiger partial charge in [-0.1, -0.05) is 18.2 Å². The summed E-state index contributed by atoms with van der Waals surface area (Å²) in [6.07, 6.45) is 3.46. The highest BCUT2D eigenvalue weighted by atomic mass is 19.1. The average Bonchev–Trinajstić information content (AvgIpc) is 2.96. The molecule has 0 aliphatic carbocycles. The maximum absolute atomic E-state index is 13.5. The SMILES string of the molecule is Fc1ccc(N=Cc2cccn2-c2ccccc2)c(F)c1. The second-order valence-electron chi connectivity index (χ2n) is 4.49. The zero-order chi connectivity index (χ0) is 14.7. The number of para-hydroxylation sites is 1. The molecule has 104 valence electrons. The van der Waals surface area contributed by atoms with Crippen molar-refractivity contribution in [3.63, 3.8) is 0 Å². The third-order valence-electron chi connectivity index (χ3n) is 3.06. The number of halogens is 2. The summed E-state index contributed by atoms with van der Waals surface area (Å²) < 4.78 is 28.3. The van der Waals surface area contributed by atoms with Gasteiger partial charge in [0.15, 0.2) is 5.82 Å². The Morgan fingerprint density at radius 3 is 2.48 bits per heavy atom. The number of hydrogen-bond acceptors (Lipinski definition) is 1. The zero-order valence-corrected chi connectivity index (χ0v) is 11.1. The number of aromatic nitrogens is 1. The third kappa shape index (κ3) is 2.89. The Morgan fingerprint density at radius 2 is 1.71 bits per heavy atom. The molecular formula is C17H12F2N2. The Bertz CT molecular complexity index is 776. The first-order valence-electron chi connectivity index (χ1n) is 6.46. The van der Waals surface area contributed by atoms with Crippen molar-refractivity contribution in [3.8, 4) is 5.69 Å². The second kappa shape index (κ2) is 5.71. The summed E-state index contributed by atoms with van der Waals surface area (Å²) in [5.41, 5.74) is 1.91. The first kappa shape index (κ1) is 13.2. The number of hydrogen-bond donors (Lipinski definition) is 0. The minimum absolute atomic E-state index is 0.109. The lowest BCUT2D eigenvalue weighted by atomic mass is 10.3. The standard InChI is InChI=1S/C17H12F2N2/c18-13-8-9-17(16(19)11-13)20-12-15-7-4-10-21(15)14-5-2-1-3-6-14/h1-12H. The van der Waals surface area contributed by atoms with Gasteiger partial charge in [0.05, 0.1) is 17.6 Å². The van der Waals surface area contributed by atoms with E-state index in [0.717, 1.165) is 17.4 Å². The van der Waals surface area contributed by atoms with Crippen molar-refractivity contribution in [3.05, 3.63) is 84.2 Å². The highest BCUT2D eigenvalue weighted by Crippen LogP contribution is 2.19. The van der Waals surface area contributed by atoms with Crippen LogP contribution in [0.15, 0.2) is 71.9 Å². The van der Waals surface area contributed by atoms with E-state index in [4.69, 9.17) is 0 Å². The molecule has 1 heterocycles. The predicted molar refractivity (Wildman–Crippen MR) is 79.4 cm³/mol. The lowest BCUT2D eigenvalue weighted by Gasteiger charge is -2.05. The van der Waals surface area contributed by atoms with Crippen LogP contribution in [0.2, 0.25) is 0 Å². The predicted octanol–water partition coefficient (Wildman–Crippen LogP) is 4.51. The summed E-state index contributed by atoms with van der Waals surface area (Å²) in [4.78, 5) is 4.09. The van der Waals surface area contributed by atoms with E-state index >= 15 is 0 Å². The number of rotatable bonds is 3. The van der Waals surface area contributed by atoms with Gasteiger partial charge in [-0.15, -0.1) is 0 Å². The molecule has 3 aromatic rings. The Kier molecular flexibility index (Phi) is 3.60. The van der Waals surface area contributed by atoms with Gasteiger partial charge in [-0.25, -0.2) is 8.78 Å². The van der Waals surface area contributed by atoms with E-state index in [-0.39, 0.29) is 5.69 Å². The molecule has 3 rings (SSSR count). The lowest BCUT2D eigenvalue weighted by molar-refractivity contribution is 0.585. The van der Waals surface area contributed by atoms with Crippen LogP contribution in [0.4, 0.5) is 14.5 Å². The molecule has 21 heavy (non-hydrogen) atoms. The molecule has 0 spiro atoms. The van der Waals surface area contributed by atoms with Crippen LogP contribution >= 0.6 is 0 Å². The summed E-state index contributed by atoms with van der Waals surface area (Å²) in [6, 6.07) is 16.8. The maximum atomic E-state index is 13.5. The third-order valence-corrected chi connectivity index (χ3v) is 3.06. The quantitative estimate of drug-likeness (QED) is 0.629. The summed E-state index contributed by atoms with van der Waals surface area (Å²) in [7, 11) is 0. The van der Waals surface area contributed by atoms with Crippen LogP contribution in [0.25, 0.3) is 5.69 Å². The topological polar surface area (TPSA) is 17.3 Å². The summed E-state index contributed by atoms with van der Waals surface area (Å²) in [5.74, 6) is -1.29. The first-order valence-corrected chi connectivity index (χ1v) is 6.46. The largest absolute Gasteiger partial charge is 0.316 e. The van der Waals surface area contributed by atoms with Crippen LogP contribution in [0.1, 0.15) is 5.69 Å². The van der Waals surface area contributed by atoms with Gasteiger partial charge in [0.1, 0.15) is 5.82 Å². The maximum Gasteiger partial charge on any atom is 0.151 e. The molecule has 0 bridgehead atoms. The summed E-state index contributed by atoms with van der Waals surface area (Å²) in [6.45, 7) is 0. The molecule has 0 atom stereocenters. The molecule has 0 fully saturated rings.